The molecule has 0 nitrogen and oxygen atoms in total. The first-order chi connectivity index (χ1) is 8.19. The van der Waals surface area contributed by atoms with Gasteiger partial charge in [0.15, 0.2) is 0 Å². The number of rotatable bonds is 2. The lowest BCUT2D eigenvalue weighted by atomic mass is 9.74. The molecule has 1 unspecified atom stereocenters. The Morgan fingerprint density at radius 1 is 1.24 bits per heavy atom. The molecule has 0 aromatic heterocycles. The van der Waals surface area contributed by atoms with Gasteiger partial charge in [-0.2, -0.15) is 0 Å². The Morgan fingerprint density at radius 3 is 2.65 bits per heavy atom. The molecule has 17 heavy (non-hydrogen) atoms. The number of hydrogen-bond donors (Lipinski definition) is 0. The van der Waals surface area contributed by atoms with Crippen LogP contribution in [0.5, 0.6) is 0 Å². The fourth-order valence-electron chi connectivity index (χ4n) is 2.41. The van der Waals surface area contributed by atoms with Gasteiger partial charge in [0.05, 0.1) is 0 Å². The Labute approximate surface area is 104 Å². The molecule has 0 aromatic rings. The van der Waals surface area contributed by atoms with Crippen molar-refractivity contribution in [1.82, 2.24) is 0 Å². The monoisotopic (exact) mass is 222 g/mol. The van der Waals surface area contributed by atoms with E-state index >= 15 is 0 Å². The molecule has 0 spiro atoms. The largest absolute Gasteiger partial charge is 0.0988 e. The summed E-state index contributed by atoms with van der Waals surface area (Å²) in [4.78, 5) is 0. The molecular weight excluding hydrogens is 204 g/mol. The molecule has 1 atom stereocenters. The molecule has 0 radical (unpaired) electrons. The lowest BCUT2D eigenvalue weighted by molar-refractivity contribution is 0.856. The minimum Gasteiger partial charge on any atom is -0.0988 e. The van der Waals surface area contributed by atoms with E-state index in [0.717, 1.165) is 0 Å². The molecule has 0 fully saturated rings. The van der Waals surface area contributed by atoms with Crippen LogP contribution in [0.3, 0.4) is 0 Å². The predicted molar refractivity (Wildman–Crippen MR) is 75.6 cm³/mol. The summed E-state index contributed by atoms with van der Waals surface area (Å²) >= 11 is 0. The van der Waals surface area contributed by atoms with Crippen molar-refractivity contribution in [3.05, 3.63) is 83.6 Å². The minimum atomic E-state index is 0.334. The number of fused-ring (bicyclic) bond motifs is 1. The average molecular weight is 222 g/mol. The van der Waals surface area contributed by atoms with Gasteiger partial charge < -0.3 is 0 Å². The zero-order valence-electron chi connectivity index (χ0n) is 10.5. The zero-order chi connectivity index (χ0) is 12.4. The van der Waals surface area contributed by atoms with Crippen molar-refractivity contribution >= 4 is 0 Å². The van der Waals surface area contributed by atoms with Gasteiger partial charge in [-0.3, -0.25) is 0 Å². The van der Waals surface area contributed by atoms with Crippen LogP contribution in [0, 0.1) is 5.92 Å². The SMILES string of the molecule is C=CC1=CC=C(C)C2=CC=C/C(=C(\C)C=C)C12. The van der Waals surface area contributed by atoms with Crippen molar-refractivity contribution in [3.63, 3.8) is 0 Å². The highest BCUT2D eigenvalue weighted by atomic mass is 14.3. The summed E-state index contributed by atoms with van der Waals surface area (Å²) in [6.45, 7) is 12.1. The van der Waals surface area contributed by atoms with Gasteiger partial charge in [-0.1, -0.05) is 55.7 Å². The van der Waals surface area contributed by atoms with Crippen LogP contribution in [-0.4, -0.2) is 0 Å². The van der Waals surface area contributed by atoms with Crippen LogP contribution in [0.4, 0.5) is 0 Å². The van der Waals surface area contributed by atoms with E-state index in [4.69, 9.17) is 0 Å². The molecule has 2 aliphatic rings. The van der Waals surface area contributed by atoms with E-state index in [2.05, 4.69) is 57.4 Å². The molecule has 0 heterocycles. The van der Waals surface area contributed by atoms with Crippen LogP contribution in [0.15, 0.2) is 83.6 Å². The topological polar surface area (TPSA) is 0 Å². The maximum Gasteiger partial charge on any atom is 0.0345 e. The van der Waals surface area contributed by atoms with Gasteiger partial charge >= 0.3 is 0 Å². The summed E-state index contributed by atoms with van der Waals surface area (Å²) in [7, 11) is 0. The van der Waals surface area contributed by atoms with E-state index in [1.165, 1.54) is 27.9 Å². The van der Waals surface area contributed by atoms with Crippen LogP contribution >= 0.6 is 0 Å². The highest BCUT2D eigenvalue weighted by molar-refractivity contribution is 5.59. The first-order valence-electron chi connectivity index (χ1n) is 5.91. The molecule has 2 aliphatic carbocycles. The Kier molecular flexibility index (Phi) is 3.14. The summed E-state index contributed by atoms with van der Waals surface area (Å²) in [6, 6.07) is 0. The second-order valence-electron chi connectivity index (χ2n) is 4.48. The third-order valence-electron chi connectivity index (χ3n) is 3.49. The van der Waals surface area contributed by atoms with Crippen molar-refractivity contribution in [3.8, 4) is 0 Å². The van der Waals surface area contributed by atoms with E-state index in [9.17, 15) is 0 Å². The van der Waals surface area contributed by atoms with Gasteiger partial charge in [0.25, 0.3) is 0 Å². The van der Waals surface area contributed by atoms with Gasteiger partial charge in [0.2, 0.25) is 0 Å². The second-order valence-corrected chi connectivity index (χ2v) is 4.48. The van der Waals surface area contributed by atoms with E-state index in [-0.39, 0.29) is 0 Å². The lowest BCUT2D eigenvalue weighted by Gasteiger charge is -2.30. The van der Waals surface area contributed by atoms with Crippen molar-refractivity contribution in [2.45, 2.75) is 13.8 Å². The molecule has 0 bridgehead atoms. The summed E-state index contributed by atoms with van der Waals surface area (Å²) in [6.07, 6.45) is 14.7. The number of hydrogen-bond acceptors (Lipinski definition) is 0. The lowest BCUT2D eigenvalue weighted by Crippen LogP contribution is -2.15. The van der Waals surface area contributed by atoms with E-state index in [1.807, 2.05) is 12.2 Å². The third kappa shape index (κ3) is 1.91. The first kappa shape index (κ1) is 11.7. The molecule has 0 aromatic carbocycles. The smallest absolute Gasteiger partial charge is 0.0345 e. The van der Waals surface area contributed by atoms with Gasteiger partial charge in [-0.15, -0.1) is 0 Å². The van der Waals surface area contributed by atoms with E-state index in [0.29, 0.717) is 5.92 Å². The summed E-state index contributed by atoms with van der Waals surface area (Å²) in [5.41, 5.74) is 6.54. The highest BCUT2D eigenvalue weighted by Crippen LogP contribution is 2.40. The van der Waals surface area contributed by atoms with Gasteiger partial charge in [0, 0.05) is 5.92 Å². The van der Waals surface area contributed by atoms with E-state index in [1.54, 1.807) is 0 Å². The first-order valence-corrected chi connectivity index (χ1v) is 5.91. The average Bonchev–Trinajstić information content (AvgIpc) is 2.38. The molecule has 0 aliphatic heterocycles. The Bertz CT molecular complexity index is 516. The molecule has 86 valence electrons. The molecule has 2 rings (SSSR count). The van der Waals surface area contributed by atoms with Crippen LogP contribution in [0.25, 0.3) is 0 Å². The van der Waals surface area contributed by atoms with Crippen LogP contribution < -0.4 is 0 Å². The van der Waals surface area contributed by atoms with Gasteiger partial charge in [-0.25, -0.2) is 0 Å². The zero-order valence-corrected chi connectivity index (χ0v) is 10.5. The molecule has 0 amide bonds. The van der Waals surface area contributed by atoms with Crippen molar-refractivity contribution in [2.75, 3.05) is 0 Å². The Hall–Kier alpha value is -1.82. The Balaban J connectivity index is 2.61. The van der Waals surface area contributed by atoms with Crippen molar-refractivity contribution in [2.24, 2.45) is 5.92 Å². The van der Waals surface area contributed by atoms with E-state index < -0.39 is 0 Å². The summed E-state index contributed by atoms with van der Waals surface area (Å²) < 4.78 is 0. The maximum atomic E-state index is 3.92. The summed E-state index contributed by atoms with van der Waals surface area (Å²) in [5, 5.41) is 0. The van der Waals surface area contributed by atoms with Crippen LogP contribution in [-0.2, 0) is 0 Å². The maximum absolute atomic E-state index is 3.92. The standard InChI is InChI=1S/C17H18/c1-5-12(3)15-8-7-9-16-13(4)10-11-14(6-2)17(15)16/h5-11,17H,1-2H2,3-4H3/b15-12-. The summed E-state index contributed by atoms with van der Waals surface area (Å²) in [5.74, 6) is 0.334. The quantitative estimate of drug-likeness (QED) is 0.636. The molecule has 0 saturated heterocycles. The second kappa shape index (κ2) is 4.58. The normalized spacial score (nSPS) is 25.3. The fourth-order valence-corrected chi connectivity index (χ4v) is 2.41. The van der Waals surface area contributed by atoms with Gasteiger partial charge in [-0.05, 0) is 41.7 Å². The molecule has 0 N–H and O–H groups in total. The van der Waals surface area contributed by atoms with Crippen LogP contribution in [0.1, 0.15) is 13.8 Å². The third-order valence-corrected chi connectivity index (χ3v) is 3.49. The number of allylic oxidation sites excluding steroid dienone is 12. The molecule has 0 heteroatoms. The fraction of sp³-hybridized carbons (Fsp3) is 0.176. The minimum absolute atomic E-state index is 0.334. The molecule has 0 saturated carbocycles. The predicted octanol–water partition coefficient (Wildman–Crippen LogP) is 4.67. The highest BCUT2D eigenvalue weighted by Gasteiger charge is 2.26. The Morgan fingerprint density at radius 2 is 2.00 bits per heavy atom. The van der Waals surface area contributed by atoms with Crippen molar-refractivity contribution in [1.29, 1.82) is 0 Å². The van der Waals surface area contributed by atoms with Gasteiger partial charge in [0.1, 0.15) is 0 Å². The van der Waals surface area contributed by atoms with Crippen molar-refractivity contribution < 1.29 is 0 Å². The van der Waals surface area contributed by atoms with Crippen LogP contribution in [0.2, 0.25) is 0 Å². The molecular formula is C17H18.